The molecule has 1 aliphatic carbocycles. The zero-order chi connectivity index (χ0) is 10.2. The van der Waals surface area contributed by atoms with E-state index in [1.54, 1.807) is 12.1 Å². The Morgan fingerprint density at radius 2 is 1.93 bits per heavy atom. The van der Waals surface area contributed by atoms with Crippen molar-refractivity contribution in [3.8, 4) is 0 Å². The number of hydrogen-bond donors (Lipinski definition) is 0. The Labute approximate surface area is 112 Å². The summed E-state index contributed by atoms with van der Waals surface area (Å²) in [4.78, 5) is 0. The maximum absolute atomic E-state index is 11.0. The Morgan fingerprint density at radius 3 is 2.60 bits per heavy atom. The normalized spacial score (nSPS) is 20.2. The van der Waals surface area contributed by atoms with Gasteiger partial charge in [0, 0.05) is 0 Å². The average Bonchev–Trinajstić information content (AvgIpc) is 2.15. The van der Waals surface area contributed by atoms with Crippen LogP contribution in [0.2, 0.25) is 0 Å². The molecule has 1 aliphatic rings. The second kappa shape index (κ2) is 4.97. The van der Waals surface area contributed by atoms with Crippen LogP contribution in [0.1, 0.15) is 29.2 Å². The van der Waals surface area contributed by atoms with E-state index in [1.165, 1.54) is 0 Å². The maximum atomic E-state index is 11.0. The molecule has 0 bridgehead atoms. The van der Waals surface area contributed by atoms with Gasteiger partial charge in [0.25, 0.3) is 0 Å². The third-order valence-electron chi connectivity index (χ3n) is 2.66. The minimum atomic E-state index is -4.19. The number of benzene rings is 1. The van der Waals surface area contributed by atoms with Gasteiger partial charge in [0.05, 0.1) is 5.25 Å². The van der Waals surface area contributed by atoms with Gasteiger partial charge in [-0.25, -0.2) is 8.42 Å². The van der Waals surface area contributed by atoms with E-state index in [9.17, 15) is 13.0 Å². The Bertz CT molecular complexity index is 442. The van der Waals surface area contributed by atoms with Gasteiger partial charge in [0.15, 0.2) is 0 Å². The van der Waals surface area contributed by atoms with Crippen LogP contribution in [-0.4, -0.2) is 13.0 Å². The van der Waals surface area contributed by atoms with Crippen molar-refractivity contribution in [1.29, 1.82) is 0 Å². The molecule has 0 aromatic heterocycles. The van der Waals surface area contributed by atoms with E-state index in [2.05, 4.69) is 0 Å². The zero-order valence-corrected chi connectivity index (χ0v) is 11.5. The van der Waals surface area contributed by atoms with E-state index in [4.69, 9.17) is 0 Å². The van der Waals surface area contributed by atoms with Crippen molar-refractivity contribution < 1.29 is 42.5 Å². The summed E-state index contributed by atoms with van der Waals surface area (Å²) in [5.41, 5.74) is 1.71. The smallest absolute Gasteiger partial charge is 0.747 e. The second-order valence-corrected chi connectivity index (χ2v) is 5.13. The van der Waals surface area contributed by atoms with Crippen LogP contribution >= 0.6 is 0 Å². The fourth-order valence-corrected chi connectivity index (χ4v) is 3.01. The third-order valence-corrected chi connectivity index (χ3v) is 3.85. The number of aryl methyl sites for hydroxylation is 1. The van der Waals surface area contributed by atoms with E-state index < -0.39 is 15.4 Å². The van der Waals surface area contributed by atoms with Crippen molar-refractivity contribution >= 4 is 10.1 Å². The van der Waals surface area contributed by atoms with Gasteiger partial charge in [-0.15, -0.1) is 0 Å². The van der Waals surface area contributed by atoms with E-state index in [0.29, 0.717) is 12.0 Å². The Balaban J connectivity index is 0.00000112. The monoisotopic (exact) mass is 234 g/mol. The first kappa shape index (κ1) is 13.2. The summed E-state index contributed by atoms with van der Waals surface area (Å²) in [7, 11) is -4.19. The topological polar surface area (TPSA) is 57.2 Å². The average molecular weight is 234 g/mol. The summed E-state index contributed by atoms with van der Waals surface area (Å²) in [6.07, 6.45) is 2.12. The van der Waals surface area contributed by atoms with E-state index in [-0.39, 0.29) is 29.6 Å². The van der Waals surface area contributed by atoms with Crippen LogP contribution in [0.3, 0.4) is 0 Å². The summed E-state index contributed by atoms with van der Waals surface area (Å²) in [6.45, 7) is 0. The Kier molecular flexibility index (Phi) is 4.38. The standard InChI is InChI=1S/C10H12O3S.Na/c11-14(12,13)10-7-3-5-8-4-1-2-6-9(8)10;/h1-2,4,6,10H,3,5,7H2,(H,11,12,13);/q;+1/p-1. The first-order chi connectivity index (χ1) is 6.59. The van der Waals surface area contributed by atoms with Crippen LogP contribution in [0.4, 0.5) is 0 Å². The molecule has 1 atom stereocenters. The molecule has 0 amide bonds. The van der Waals surface area contributed by atoms with Crippen molar-refractivity contribution in [2.24, 2.45) is 0 Å². The molecule has 0 aliphatic heterocycles. The van der Waals surface area contributed by atoms with Gasteiger partial charge in [-0.2, -0.15) is 0 Å². The molecule has 0 saturated carbocycles. The second-order valence-electron chi connectivity index (χ2n) is 3.57. The SMILES string of the molecule is O=S(=O)([O-])C1CCCc2ccccc21.[Na+]. The maximum Gasteiger partial charge on any atom is 1.00 e. The molecule has 0 spiro atoms. The van der Waals surface area contributed by atoms with Crippen molar-refractivity contribution in [2.45, 2.75) is 24.5 Å². The van der Waals surface area contributed by atoms with Gasteiger partial charge in [0.2, 0.25) is 0 Å². The van der Waals surface area contributed by atoms with E-state index >= 15 is 0 Å². The van der Waals surface area contributed by atoms with Gasteiger partial charge in [0.1, 0.15) is 10.1 Å². The van der Waals surface area contributed by atoms with E-state index in [1.807, 2.05) is 12.1 Å². The van der Waals surface area contributed by atoms with Crippen LogP contribution in [0.25, 0.3) is 0 Å². The molecule has 15 heavy (non-hydrogen) atoms. The van der Waals surface area contributed by atoms with Crippen LogP contribution in [0.15, 0.2) is 24.3 Å². The molecule has 1 aromatic carbocycles. The van der Waals surface area contributed by atoms with Crippen LogP contribution in [0.5, 0.6) is 0 Å². The molecule has 0 radical (unpaired) electrons. The van der Waals surface area contributed by atoms with Crippen molar-refractivity contribution in [2.75, 3.05) is 0 Å². The Morgan fingerprint density at radius 1 is 1.27 bits per heavy atom. The summed E-state index contributed by atoms with van der Waals surface area (Å²) in [5.74, 6) is 0. The molecule has 1 unspecified atom stereocenters. The van der Waals surface area contributed by atoms with Gasteiger partial charge < -0.3 is 4.55 Å². The molecular formula is C10H11NaO3S. The molecule has 76 valence electrons. The molecule has 0 N–H and O–H groups in total. The predicted octanol–water partition coefficient (Wildman–Crippen LogP) is -1.39. The summed E-state index contributed by atoms with van der Waals surface area (Å²) < 4.78 is 33.0. The number of rotatable bonds is 1. The number of hydrogen-bond acceptors (Lipinski definition) is 3. The first-order valence-corrected chi connectivity index (χ1v) is 6.08. The Hall–Kier alpha value is 0.130. The third kappa shape index (κ3) is 2.82. The summed E-state index contributed by atoms with van der Waals surface area (Å²) in [6, 6.07) is 7.29. The fraction of sp³-hybridized carbons (Fsp3) is 0.400. The fourth-order valence-electron chi connectivity index (χ4n) is 2.01. The van der Waals surface area contributed by atoms with Crippen LogP contribution in [0, 0.1) is 0 Å². The van der Waals surface area contributed by atoms with Crippen LogP contribution < -0.4 is 29.6 Å². The predicted molar refractivity (Wildman–Crippen MR) is 51.8 cm³/mol. The van der Waals surface area contributed by atoms with Gasteiger partial charge in [-0.3, -0.25) is 0 Å². The van der Waals surface area contributed by atoms with Crippen molar-refractivity contribution in [3.63, 3.8) is 0 Å². The minimum Gasteiger partial charge on any atom is -0.747 e. The van der Waals surface area contributed by atoms with Crippen molar-refractivity contribution in [1.82, 2.24) is 0 Å². The van der Waals surface area contributed by atoms with Gasteiger partial charge in [-0.05, 0) is 30.4 Å². The van der Waals surface area contributed by atoms with Crippen LogP contribution in [-0.2, 0) is 16.5 Å². The molecule has 2 rings (SSSR count). The molecule has 3 nitrogen and oxygen atoms in total. The molecule has 0 heterocycles. The summed E-state index contributed by atoms with van der Waals surface area (Å²) in [5, 5.41) is -0.826. The van der Waals surface area contributed by atoms with Gasteiger partial charge >= 0.3 is 29.6 Å². The van der Waals surface area contributed by atoms with Gasteiger partial charge in [-0.1, -0.05) is 24.3 Å². The van der Waals surface area contributed by atoms with Crippen molar-refractivity contribution in [3.05, 3.63) is 35.4 Å². The number of fused-ring (bicyclic) bond motifs is 1. The molecular weight excluding hydrogens is 223 g/mol. The zero-order valence-electron chi connectivity index (χ0n) is 8.64. The molecule has 1 aromatic rings. The molecule has 0 saturated heterocycles. The largest absolute Gasteiger partial charge is 1.00 e. The quantitative estimate of drug-likeness (QED) is 0.444. The first-order valence-electron chi connectivity index (χ1n) is 4.61. The van der Waals surface area contributed by atoms with E-state index in [0.717, 1.165) is 18.4 Å². The molecule has 0 fully saturated rings. The minimum absolute atomic E-state index is 0. The molecule has 5 heteroatoms. The summed E-state index contributed by atoms with van der Waals surface area (Å²) >= 11 is 0.